The van der Waals surface area contributed by atoms with Gasteiger partial charge in [0.2, 0.25) is 0 Å². The summed E-state index contributed by atoms with van der Waals surface area (Å²) in [5, 5.41) is 4.02. The second-order valence-corrected chi connectivity index (χ2v) is 8.62. The summed E-state index contributed by atoms with van der Waals surface area (Å²) < 4.78 is 1.59. The van der Waals surface area contributed by atoms with Crippen LogP contribution in [-0.2, 0) is 6.42 Å². The van der Waals surface area contributed by atoms with E-state index in [9.17, 15) is 4.79 Å². The van der Waals surface area contributed by atoms with Crippen molar-refractivity contribution in [2.45, 2.75) is 13.3 Å². The van der Waals surface area contributed by atoms with E-state index in [-0.39, 0.29) is 11.4 Å². The first-order valence-corrected chi connectivity index (χ1v) is 11.9. The van der Waals surface area contributed by atoms with Gasteiger partial charge in [-0.25, -0.2) is 19.9 Å². The molecule has 3 heterocycles. The lowest BCUT2D eigenvalue weighted by Crippen LogP contribution is -2.25. The number of aryl methyl sites for hydroxylation is 1. The Hall–Kier alpha value is -4.74. The predicted octanol–water partition coefficient (Wildman–Crippen LogP) is 4.17. The number of anilines is 2. The molecule has 0 amide bonds. The summed E-state index contributed by atoms with van der Waals surface area (Å²) >= 11 is 6.36. The number of nitrogens with one attached hydrogen (secondary N) is 1. The average molecular weight is 508 g/mol. The van der Waals surface area contributed by atoms with Gasteiger partial charge in [-0.15, -0.1) is 0 Å². The lowest BCUT2D eigenvalue weighted by Gasteiger charge is -2.15. The highest BCUT2D eigenvalue weighted by Gasteiger charge is 2.15. The standard InChI is InChI=1S/C28H22ClN7O/c1-18-7-5-8-19(34-18)13-14-21-26(30)32-17-33-27(21)31-16-15-24-35-23-12-6-11-22(29)25(23)28(37)36(24)20-9-3-2-4-10-20/h2-12,17H,15-16H2,1H3,(H3,30,31,32,33). The molecule has 0 aliphatic rings. The summed E-state index contributed by atoms with van der Waals surface area (Å²) in [6, 6.07) is 20.3. The number of fused-ring (bicyclic) bond motifs is 1. The fourth-order valence-electron chi connectivity index (χ4n) is 3.94. The van der Waals surface area contributed by atoms with Crippen LogP contribution in [0.1, 0.15) is 22.8 Å². The molecule has 0 saturated heterocycles. The van der Waals surface area contributed by atoms with Gasteiger partial charge in [-0.2, -0.15) is 0 Å². The molecule has 0 bridgehead atoms. The number of hydrogen-bond acceptors (Lipinski definition) is 7. The molecule has 0 radical (unpaired) electrons. The Balaban J connectivity index is 1.47. The van der Waals surface area contributed by atoms with Crippen LogP contribution in [0.4, 0.5) is 11.6 Å². The Morgan fingerprint density at radius 3 is 2.59 bits per heavy atom. The van der Waals surface area contributed by atoms with E-state index in [0.29, 0.717) is 57.5 Å². The second-order valence-electron chi connectivity index (χ2n) is 8.21. The zero-order valence-corrected chi connectivity index (χ0v) is 20.7. The third kappa shape index (κ3) is 5.13. The molecule has 5 rings (SSSR count). The lowest BCUT2D eigenvalue weighted by atomic mass is 10.2. The highest BCUT2D eigenvalue weighted by Crippen LogP contribution is 2.21. The molecular formula is C28H22ClN7O. The predicted molar refractivity (Wildman–Crippen MR) is 146 cm³/mol. The van der Waals surface area contributed by atoms with Gasteiger partial charge >= 0.3 is 0 Å². The molecule has 0 atom stereocenters. The monoisotopic (exact) mass is 507 g/mol. The van der Waals surface area contributed by atoms with Crippen LogP contribution in [0.25, 0.3) is 16.6 Å². The number of nitrogens with two attached hydrogens (primary N) is 1. The molecule has 2 aromatic carbocycles. The van der Waals surface area contributed by atoms with Crippen molar-refractivity contribution in [3.8, 4) is 17.5 Å². The van der Waals surface area contributed by atoms with E-state index in [1.165, 1.54) is 6.33 Å². The zero-order valence-electron chi connectivity index (χ0n) is 19.9. The van der Waals surface area contributed by atoms with Crippen LogP contribution >= 0.6 is 11.6 Å². The fraction of sp³-hybridized carbons (Fsp3) is 0.107. The van der Waals surface area contributed by atoms with Crippen LogP contribution in [-0.4, -0.2) is 31.0 Å². The Bertz CT molecular complexity index is 1720. The van der Waals surface area contributed by atoms with Crippen molar-refractivity contribution < 1.29 is 0 Å². The Labute approximate surface area is 218 Å². The first-order chi connectivity index (χ1) is 18.0. The minimum atomic E-state index is -0.222. The van der Waals surface area contributed by atoms with Crippen molar-refractivity contribution in [1.29, 1.82) is 0 Å². The van der Waals surface area contributed by atoms with Crippen molar-refractivity contribution in [3.05, 3.63) is 111 Å². The van der Waals surface area contributed by atoms with E-state index in [0.717, 1.165) is 5.69 Å². The van der Waals surface area contributed by atoms with Crippen molar-refractivity contribution in [2.75, 3.05) is 17.6 Å². The Kier molecular flexibility index (Phi) is 6.79. The van der Waals surface area contributed by atoms with Gasteiger partial charge in [0, 0.05) is 18.7 Å². The summed E-state index contributed by atoms with van der Waals surface area (Å²) in [5.74, 6) is 7.40. The van der Waals surface area contributed by atoms with E-state index < -0.39 is 0 Å². The maximum atomic E-state index is 13.5. The van der Waals surface area contributed by atoms with Crippen molar-refractivity contribution in [2.24, 2.45) is 0 Å². The van der Waals surface area contributed by atoms with Crippen LogP contribution in [0.3, 0.4) is 0 Å². The minimum absolute atomic E-state index is 0.222. The van der Waals surface area contributed by atoms with Crippen LogP contribution < -0.4 is 16.6 Å². The molecule has 0 aliphatic heterocycles. The highest BCUT2D eigenvalue weighted by atomic mass is 35.5. The number of rotatable bonds is 5. The number of pyridine rings is 1. The summed E-state index contributed by atoms with van der Waals surface area (Å²) in [7, 11) is 0. The van der Waals surface area contributed by atoms with Gasteiger partial charge < -0.3 is 11.1 Å². The molecule has 0 saturated carbocycles. The van der Waals surface area contributed by atoms with Crippen LogP contribution in [0, 0.1) is 18.8 Å². The van der Waals surface area contributed by atoms with Gasteiger partial charge in [0.15, 0.2) is 0 Å². The smallest absolute Gasteiger partial charge is 0.267 e. The molecule has 0 fully saturated rings. The quantitative estimate of drug-likeness (QED) is 0.343. The molecule has 0 unspecified atom stereocenters. The van der Waals surface area contributed by atoms with Crippen molar-refractivity contribution >= 4 is 34.1 Å². The molecule has 37 heavy (non-hydrogen) atoms. The minimum Gasteiger partial charge on any atom is -0.382 e. The molecule has 0 aliphatic carbocycles. The Morgan fingerprint density at radius 1 is 0.973 bits per heavy atom. The SMILES string of the molecule is Cc1cccc(C#Cc2c(N)ncnc2NCCc2nc3cccc(Cl)c3c(=O)n2-c2ccccc2)n1. The number of nitrogens with zero attached hydrogens (tertiary/aromatic N) is 5. The maximum absolute atomic E-state index is 13.5. The van der Waals surface area contributed by atoms with Crippen molar-refractivity contribution in [3.63, 3.8) is 0 Å². The summed E-state index contributed by atoms with van der Waals surface area (Å²) in [4.78, 5) is 31.1. The lowest BCUT2D eigenvalue weighted by molar-refractivity contribution is 0.809. The second kappa shape index (κ2) is 10.5. The molecule has 182 valence electrons. The molecule has 8 nitrogen and oxygen atoms in total. The number of halogens is 1. The summed E-state index contributed by atoms with van der Waals surface area (Å²) in [6.07, 6.45) is 1.80. The number of benzene rings is 2. The average Bonchev–Trinajstić information content (AvgIpc) is 2.89. The third-order valence-corrected chi connectivity index (χ3v) is 5.97. The maximum Gasteiger partial charge on any atom is 0.267 e. The zero-order chi connectivity index (χ0) is 25.8. The number of nitrogen functional groups attached to an aromatic ring is 1. The van der Waals surface area contributed by atoms with Gasteiger partial charge in [-0.1, -0.05) is 47.9 Å². The van der Waals surface area contributed by atoms with E-state index in [4.69, 9.17) is 22.3 Å². The van der Waals surface area contributed by atoms with Crippen LogP contribution in [0.2, 0.25) is 5.02 Å². The largest absolute Gasteiger partial charge is 0.382 e. The summed E-state index contributed by atoms with van der Waals surface area (Å²) in [5.41, 5.74) is 9.11. The number of hydrogen-bond donors (Lipinski definition) is 2. The third-order valence-electron chi connectivity index (χ3n) is 5.65. The van der Waals surface area contributed by atoms with Crippen LogP contribution in [0.15, 0.2) is 77.9 Å². The fourth-order valence-corrected chi connectivity index (χ4v) is 4.19. The first kappa shape index (κ1) is 24.0. The molecule has 5 aromatic rings. The van der Waals surface area contributed by atoms with E-state index >= 15 is 0 Å². The van der Waals surface area contributed by atoms with Gasteiger partial charge in [0.05, 0.1) is 21.6 Å². The molecule has 9 heteroatoms. The number of para-hydroxylation sites is 1. The normalized spacial score (nSPS) is 10.6. The van der Waals surface area contributed by atoms with Gasteiger partial charge in [0.1, 0.15) is 35.0 Å². The number of aromatic nitrogens is 5. The van der Waals surface area contributed by atoms with Gasteiger partial charge in [-0.3, -0.25) is 9.36 Å². The van der Waals surface area contributed by atoms with Crippen molar-refractivity contribution in [1.82, 2.24) is 24.5 Å². The van der Waals surface area contributed by atoms with E-state index in [1.54, 1.807) is 22.8 Å². The topological polar surface area (TPSA) is 112 Å². The molecule has 0 spiro atoms. The molecule has 3 N–H and O–H groups in total. The van der Waals surface area contributed by atoms with E-state index in [1.807, 2.05) is 55.5 Å². The van der Waals surface area contributed by atoms with Crippen LogP contribution in [0.5, 0.6) is 0 Å². The van der Waals surface area contributed by atoms with E-state index in [2.05, 4.69) is 32.1 Å². The van der Waals surface area contributed by atoms with Gasteiger partial charge in [-0.05, 0) is 49.2 Å². The highest BCUT2D eigenvalue weighted by molar-refractivity contribution is 6.35. The summed E-state index contributed by atoms with van der Waals surface area (Å²) in [6.45, 7) is 2.32. The molecular weight excluding hydrogens is 486 g/mol. The Morgan fingerprint density at radius 2 is 1.78 bits per heavy atom. The first-order valence-electron chi connectivity index (χ1n) is 11.6. The van der Waals surface area contributed by atoms with Gasteiger partial charge in [0.25, 0.3) is 5.56 Å². The molecule has 3 aromatic heterocycles.